The Bertz CT molecular complexity index is 284. The van der Waals surface area contributed by atoms with Crippen LogP contribution < -0.4 is 11.1 Å². The molecule has 1 aliphatic carbocycles. The molecule has 0 aromatic rings. The van der Waals surface area contributed by atoms with E-state index in [4.69, 9.17) is 10.5 Å². The molecule has 0 aromatic heterocycles. The van der Waals surface area contributed by atoms with Gasteiger partial charge in [0.1, 0.15) is 5.54 Å². The van der Waals surface area contributed by atoms with Crippen LogP contribution in [0.3, 0.4) is 0 Å². The van der Waals surface area contributed by atoms with Crippen molar-refractivity contribution in [3.8, 4) is 0 Å². The van der Waals surface area contributed by atoms with E-state index in [9.17, 15) is 4.79 Å². The first-order chi connectivity index (χ1) is 8.10. The zero-order valence-electron chi connectivity index (χ0n) is 10.5. The van der Waals surface area contributed by atoms with E-state index in [-0.39, 0.29) is 10.7 Å². The van der Waals surface area contributed by atoms with E-state index in [1.54, 1.807) is 0 Å². The van der Waals surface area contributed by atoms with Gasteiger partial charge in [0.05, 0.1) is 6.61 Å². The summed E-state index contributed by atoms with van der Waals surface area (Å²) in [5, 5.41) is 3.03. The summed E-state index contributed by atoms with van der Waals surface area (Å²) >= 11 is 1.88. The summed E-state index contributed by atoms with van der Waals surface area (Å²) in [5.74, 6) is -0.0460. The SMILES string of the molecule is CSC1(CNC(=O)C2(N)CCOC2)CCCC1. The zero-order valence-corrected chi connectivity index (χ0v) is 11.3. The third kappa shape index (κ3) is 2.77. The van der Waals surface area contributed by atoms with Gasteiger partial charge in [0.2, 0.25) is 5.91 Å². The van der Waals surface area contributed by atoms with Gasteiger partial charge in [0, 0.05) is 17.9 Å². The second-order valence-electron chi connectivity index (χ2n) is 5.24. The predicted octanol–water partition coefficient (Wildman–Crippen LogP) is 0.896. The standard InChI is InChI=1S/C12H22N2O2S/c1-17-11(4-2-3-5-11)8-14-10(15)12(13)6-7-16-9-12/h2-9,13H2,1H3,(H,14,15). The van der Waals surface area contributed by atoms with Crippen LogP contribution in [0.5, 0.6) is 0 Å². The van der Waals surface area contributed by atoms with E-state index in [0.29, 0.717) is 19.6 Å². The van der Waals surface area contributed by atoms with Crippen LogP contribution in [-0.4, -0.2) is 42.2 Å². The van der Waals surface area contributed by atoms with Gasteiger partial charge < -0.3 is 15.8 Å². The maximum Gasteiger partial charge on any atom is 0.242 e. The highest BCUT2D eigenvalue weighted by Gasteiger charge is 2.40. The van der Waals surface area contributed by atoms with Crippen LogP contribution in [0, 0.1) is 0 Å². The normalized spacial score (nSPS) is 31.6. The number of hydrogen-bond acceptors (Lipinski definition) is 4. The molecule has 3 N–H and O–H groups in total. The average Bonchev–Trinajstić information content (AvgIpc) is 2.96. The zero-order chi connectivity index (χ0) is 12.4. The van der Waals surface area contributed by atoms with E-state index in [1.165, 1.54) is 25.7 Å². The fourth-order valence-corrected chi connectivity index (χ4v) is 3.56. The molecule has 0 aromatic carbocycles. The number of amides is 1. The smallest absolute Gasteiger partial charge is 0.242 e. The number of ether oxygens (including phenoxy) is 1. The van der Waals surface area contributed by atoms with Crippen molar-refractivity contribution in [3.05, 3.63) is 0 Å². The molecule has 1 heterocycles. The number of carbonyl (C=O) groups is 1. The largest absolute Gasteiger partial charge is 0.379 e. The number of hydrogen-bond donors (Lipinski definition) is 2. The van der Waals surface area contributed by atoms with Crippen molar-refractivity contribution in [2.75, 3.05) is 26.0 Å². The first kappa shape index (κ1) is 13.2. The van der Waals surface area contributed by atoms with Crippen molar-refractivity contribution >= 4 is 17.7 Å². The lowest BCUT2D eigenvalue weighted by atomic mass is 9.98. The van der Waals surface area contributed by atoms with Crippen LogP contribution >= 0.6 is 11.8 Å². The summed E-state index contributed by atoms with van der Waals surface area (Å²) in [7, 11) is 0. The molecule has 1 aliphatic heterocycles. The van der Waals surface area contributed by atoms with Crippen LogP contribution in [0.2, 0.25) is 0 Å². The van der Waals surface area contributed by atoms with Crippen LogP contribution in [-0.2, 0) is 9.53 Å². The second kappa shape index (κ2) is 5.16. The van der Waals surface area contributed by atoms with Gasteiger partial charge in [-0.1, -0.05) is 12.8 Å². The third-order valence-electron chi connectivity index (χ3n) is 4.02. The fourth-order valence-electron chi connectivity index (χ4n) is 2.65. The number of carbonyl (C=O) groups excluding carboxylic acids is 1. The Morgan fingerprint density at radius 1 is 1.41 bits per heavy atom. The van der Waals surface area contributed by atoms with E-state index in [2.05, 4.69) is 11.6 Å². The molecule has 1 saturated carbocycles. The van der Waals surface area contributed by atoms with Gasteiger partial charge in [-0.25, -0.2) is 0 Å². The minimum Gasteiger partial charge on any atom is -0.379 e. The molecule has 0 spiro atoms. The lowest BCUT2D eigenvalue weighted by Gasteiger charge is -2.29. The van der Waals surface area contributed by atoms with Gasteiger partial charge in [-0.2, -0.15) is 11.8 Å². The van der Waals surface area contributed by atoms with Crippen LogP contribution in [0.15, 0.2) is 0 Å². The van der Waals surface area contributed by atoms with Gasteiger partial charge in [0.25, 0.3) is 0 Å². The number of thioether (sulfide) groups is 1. The molecular formula is C12H22N2O2S. The molecule has 5 heteroatoms. The van der Waals surface area contributed by atoms with E-state index in [1.807, 2.05) is 11.8 Å². The van der Waals surface area contributed by atoms with Crippen molar-refractivity contribution in [2.45, 2.75) is 42.4 Å². The van der Waals surface area contributed by atoms with Crippen LogP contribution in [0.1, 0.15) is 32.1 Å². The van der Waals surface area contributed by atoms with Crippen molar-refractivity contribution in [1.82, 2.24) is 5.32 Å². The highest BCUT2D eigenvalue weighted by molar-refractivity contribution is 8.00. The molecule has 98 valence electrons. The average molecular weight is 258 g/mol. The Morgan fingerprint density at radius 2 is 2.12 bits per heavy atom. The first-order valence-electron chi connectivity index (χ1n) is 6.30. The number of nitrogens with one attached hydrogen (secondary N) is 1. The van der Waals surface area contributed by atoms with Gasteiger partial charge in [0.15, 0.2) is 0 Å². The lowest BCUT2D eigenvalue weighted by Crippen LogP contribution is -2.56. The van der Waals surface area contributed by atoms with Crippen molar-refractivity contribution in [3.63, 3.8) is 0 Å². The fraction of sp³-hybridized carbons (Fsp3) is 0.917. The van der Waals surface area contributed by atoms with Gasteiger partial charge >= 0.3 is 0 Å². The molecule has 0 radical (unpaired) electrons. The molecule has 2 rings (SSSR count). The molecule has 4 nitrogen and oxygen atoms in total. The number of rotatable bonds is 4. The Labute approximate surface area is 107 Å². The Kier molecular flexibility index (Phi) is 4.00. The second-order valence-corrected chi connectivity index (χ2v) is 6.51. The Morgan fingerprint density at radius 3 is 2.65 bits per heavy atom. The number of nitrogens with two attached hydrogens (primary N) is 1. The molecular weight excluding hydrogens is 236 g/mol. The molecule has 1 saturated heterocycles. The van der Waals surface area contributed by atoms with Gasteiger partial charge in [-0.05, 0) is 25.5 Å². The van der Waals surface area contributed by atoms with E-state index < -0.39 is 5.54 Å². The maximum absolute atomic E-state index is 12.1. The monoisotopic (exact) mass is 258 g/mol. The lowest BCUT2D eigenvalue weighted by molar-refractivity contribution is -0.126. The quantitative estimate of drug-likeness (QED) is 0.786. The highest BCUT2D eigenvalue weighted by Crippen LogP contribution is 2.39. The topological polar surface area (TPSA) is 64.4 Å². The summed E-state index contributed by atoms with van der Waals surface area (Å²) in [6, 6.07) is 0. The van der Waals surface area contributed by atoms with E-state index in [0.717, 1.165) is 6.54 Å². The van der Waals surface area contributed by atoms with Gasteiger partial charge in [-0.15, -0.1) is 0 Å². The van der Waals surface area contributed by atoms with E-state index >= 15 is 0 Å². The summed E-state index contributed by atoms with van der Waals surface area (Å²) in [5.41, 5.74) is 5.23. The van der Waals surface area contributed by atoms with Crippen molar-refractivity contribution in [1.29, 1.82) is 0 Å². The predicted molar refractivity (Wildman–Crippen MR) is 70.1 cm³/mol. The molecule has 1 amide bonds. The summed E-state index contributed by atoms with van der Waals surface area (Å²) in [6.45, 7) is 1.69. The minimum absolute atomic E-state index is 0.0460. The molecule has 2 aliphatic rings. The Balaban J connectivity index is 1.87. The molecule has 17 heavy (non-hydrogen) atoms. The molecule has 1 unspecified atom stereocenters. The van der Waals surface area contributed by atoms with Crippen molar-refractivity contribution in [2.24, 2.45) is 5.73 Å². The molecule has 1 atom stereocenters. The Hall–Kier alpha value is -0.260. The molecule has 2 fully saturated rings. The summed E-state index contributed by atoms with van der Waals surface area (Å²) in [4.78, 5) is 12.1. The third-order valence-corrected chi connectivity index (χ3v) is 5.44. The van der Waals surface area contributed by atoms with Crippen LogP contribution in [0.4, 0.5) is 0 Å². The first-order valence-corrected chi connectivity index (χ1v) is 7.53. The maximum atomic E-state index is 12.1. The minimum atomic E-state index is -0.793. The van der Waals surface area contributed by atoms with Gasteiger partial charge in [-0.3, -0.25) is 4.79 Å². The molecule has 0 bridgehead atoms. The highest BCUT2D eigenvalue weighted by atomic mass is 32.2. The van der Waals surface area contributed by atoms with Crippen LogP contribution in [0.25, 0.3) is 0 Å². The summed E-state index contributed by atoms with van der Waals surface area (Å²) in [6.07, 6.45) is 7.70. The summed E-state index contributed by atoms with van der Waals surface area (Å²) < 4.78 is 5.46. The van der Waals surface area contributed by atoms with Crippen molar-refractivity contribution < 1.29 is 9.53 Å².